The van der Waals surface area contributed by atoms with E-state index in [0.717, 1.165) is 54.3 Å². The van der Waals surface area contributed by atoms with Crippen LogP contribution in [0.2, 0.25) is 0 Å². The zero-order valence-electron chi connectivity index (χ0n) is 26.6. The Hall–Kier alpha value is -0.790. The minimum absolute atomic E-state index is 0.0731. The molecule has 5 aliphatic rings. The molecule has 0 aliphatic heterocycles. The van der Waals surface area contributed by atoms with Gasteiger partial charge in [-0.05, 0) is 103 Å². The van der Waals surface area contributed by atoms with Crippen LogP contribution in [0.25, 0.3) is 0 Å². The Labute approximate surface area is 241 Å². The van der Waals surface area contributed by atoms with Crippen LogP contribution in [0, 0.1) is 58.2 Å². The van der Waals surface area contributed by atoms with Gasteiger partial charge in [-0.15, -0.1) is 0 Å². The number of fused-ring (bicyclic) bond motifs is 5. The Morgan fingerprint density at radius 3 is 2.41 bits per heavy atom. The van der Waals surface area contributed by atoms with Crippen molar-refractivity contribution in [3.8, 4) is 0 Å². The largest absolute Gasteiger partial charge is 0.462 e. The van der Waals surface area contributed by atoms with Crippen LogP contribution in [0.5, 0.6) is 0 Å². The Bertz CT molecular complexity index is 867. The molecule has 4 fully saturated rings. The van der Waals surface area contributed by atoms with Crippen LogP contribution in [-0.2, 0) is 9.53 Å². The summed E-state index contributed by atoms with van der Waals surface area (Å²) in [6.45, 7) is 14.9. The molecule has 2 nitrogen and oxygen atoms in total. The molecular weight excluding hydrogens is 476 g/mol. The van der Waals surface area contributed by atoms with Crippen LogP contribution < -0.4 is 0 Å². The molecule has 5 aliphatic carbocycles. The molecule has 39 heavy (non-hydrogen) atoms. The van der Waals surface area contributed by atoms with Gasteiger partial charge in [0.05, 0.1) is 0 Å². The first kappa shape index (κ1) is 29.7. The fraction of sp³-hybridized carbons (Fsp3) is 0.919. The van der Waals surface area contributed by atoms with Crippen molar-refractivity contribution in [3.63, 3.8) is 0 Å². The molecule has 5 rings (SSSR count). The standard InChI is InChI=1S/C37H62O2/c1-25(2)11-10-12-26(3)32-17-18-33-31-16-15-29-24-30(19-21-36(29,5)34(31)20-22-37(32,33)6)39-35(38)23-27(4)28-13-8-7-9-14-28/h15,25-28,30-34H,7-14,16-24H2,1-6H3. The van der Waals surface area contributed by atoms with Gasteiger partial charge in [0, 0.05) is 12.8 Å². The van der Waals surface area contributed by atoms with Gasteiger partial charge in [0.1, 0.15) is 6.10 Å². The number of hydrogen-bond donors (Lipinski definition) is 0. The number of carbonyl (C=O) groups is 1. The van der Waals surface area contributed by atoms with Crippen LogP contribution in [-0.4, -0.2) is 12.1 Å². The summed E-state index contributed by atoms with van der Waals surface area (Å²) in [7, 11) is 0. The van der Waals surface area contributed by atoms with Crippen molar-refractivity contribution in [2.24, 2.45) is 58.2 Å². The first-order chi connectivity index (χ1) is 18.6. The minimum Gasteiger partial charge on any atom is -0.462 e. The summed E-state index contributed by atoms with van der Waals surface area (Å²) < 4.78 is 6.18. The molecule has 0 bridgehead atoms. The third kappa shape index (κ3) is 6.07. The number of rotatable bonds is 9. The van der Waals surface area contributed by atoms with Gasteiger partial charge in [-0.2, -0.15) is 0 Å². The van der Waals surface area contributed by atoms with Crippen molar-refractivity contribution in [3.05, 3.63) is 11.6 Å². The van der Waals surface area contributed by atoms with Crippen LogP contribution in [0.3, 0.4) is 0 Å². The first-order valence-corrected chi connectivity index (χ1v) is 17.5. The fourth-order valence-electron chi connectivity index (χ4n) is 11.1. The number of esters is 1. The second-order valence-electron chi connectivity index (χ2n) is 16.2. The molecule has 0 aromatic carbocycles. The first-order valence-electron chi connectivity index (χ1n) is 17.5. The van der Waals surface area contributed by atoms with Gasteiger partial charge < -0.3 is 4.74 Å². The van der Waals surface area contributed by atoms with Gasteiger partial charge in [0.25, 0.3) is 0 Å². The molecule has 0 heterocycles. The zero-order chi connectivity index (χ0) is 27.8. The molecule has 9 atom stereocenters. The molecule has 0 aromatic heterocycles. The number of carbonyl (C=O) groups excluding carboxylic acids is 1. The van der Waals surface area contributed by atoms with E-state index in [1.165, 1.54) is 89.9 Å². The van der Waals surface area contributed by atoms with E-state index in [2.05, 4.69) is 47.6 Å². The fourth-order valence-corrected chi connectivity index (χ4v) is 11.1. The second kappa shape index (κ2) is 12.2. The highest BCUT2D eigenvalue weighted by Crippen LogP contribution is 2.67. The molecule has 0 N–H and O–H groups in total. The molecule has 2 heteroatoms. The van der Waals surface area contributed by atoms with Crippen LogP contribution in [0.1, 0.15) is 151 Å². The SMILES string of the molecule is CC(C)CCCC(C)C1CCC2C3CC=C4CC(OC(=O)CC(C)C5CCCCC5)CCC4(C)C3CCC12C. The van der Waals surface area contributed by atoms with Crippen molar-refractivity contribution >= 4 is 5.97 Å². The van der Waals surface area contributed by atoms with Gasteiger partial charge in [-0.25, -0.2) is 0 Å². The topological polar surface area (TPSA) is 26.3 Å². The maximum absolute atomic E-state index is 12.9. The lowest BCUT2D eigenvalue weighted by Crippen LogP contribution is -2.51. The lowest BCUT2D eigenvalue weighted by Gasteiger charge is -2.58. The van der Waals surface area contributed by atoms with E-state index in [4.69, 9.17) is 4.74 Å². The summed E-state index contributed by atoms with van der Waals surface area (Å²) >= 11 is 0. The summed E-state index contributed by atoms with van der Waals surface area (Å²) in [6, 6.07) is 0. The molecule has 0 aromatic rings. The molecule has 4 saturated carbocycles. The highest BCUT2D eigenvalue weighted by atomic mass is 16.5. The zero-order valence-corrected chi connectivity index (χ0v) is 26.6. The van der Waals surface area contributed by atoms with Crippen LogP contribution >= 0.6 is 0 Å². The van der Waals surface area contributed by atoms with Crippen molar-refractivity contribution in [1.82, 2.24) is 0 Å². The van der Waals surface area contributed by atoms with Crippen LogP contribution in [0.4, 0.5) is 0 Å². The van der Waals surface area contributed by atoms with Crippen molar-refractivity contribution < 1.29 is 9.53 Å². The maximum atomic E-state index is 12.9. The molecule has 0 amide bonds. The molecule has 0 saturated heterocycles. The summed E-state index contributed by atoms with van der Waals surface area (Å²) in [5.41, 5.74) is 2.54. The van der Waals surface area contributed by atoms with Crippen molar-refractivity contribution in [1.29, 1.82) is 0 Å². The highest BCUT2D eigenvalue weighted by molar-refractivity contribution is 5.70. The summed E-state index contributed by atoms with van der Waals surface area (Å²) in [5, 5.41) is 0. The van der Waals surface area contributed by atoms with E-state index >= 15 is 0 Å². The third-order valence-electron chi connectivity index (χ3n) is 13.5. The predicted octanol–water partition coefficient (Wildman–Crippen LogP) is 10.5. The molecule has 9 unspecified atom stereocenters. The van der Waals surface area contributed by atoms with Gasteiger partial charge >= 0.3 is 5.97 Å². The molecule has 222 valence electrons. The Morgan fingerprint density at radius 2 is 1.67 bits per heavy atom. The molecule has 0 spiro atoms. The Morgan fingerprint density at radius 1 is 0.897 bits per heavy atom. The van der Waals surface area contributed by atoms with Crippen molar-refractivity contribution in [2.45, 2.75) is 157 Å². The molecular formula is C37H62O2. The number of allylic oxidation sites excluding steroid dienone is 1. The Balaban J connectivity index is 1.18. The van der Waals surface area contributed by atoms with Gasteiger partial charge in [0.2, 0.25) is 0 Å². The van der Waals surface area contributed by atoms with Crippen molar-refractivity contribution in [2.75, 3.05) is 0 Å². The number of ether oxygens (including phenoxy) is 1. The van der Waals surface area contributed by atoms with E-state index < -0.39 is 0 Å². The lowest BCUT2D eigenvalue weighted by molar-refractivity contribution is -0.153. The van der Waals surface area contributed by atoms with Crippen LogP contribution in [0.15, 0.2) is 11.6 Å². The average Bonchev–Trinajstić information content (AvgIpc) is 3.26. The van der Waals surface area contributed by atoms with E-state index in [9.17, 15) is 4.79 Å². The average molecular weight is 539 g/mol. The minimum atomic E-state index is 0.0731. The normalized spacial score (nSPS) is 40.3. The summed E-state index contributed by atoms with van der Waals surface area (Å²) in [4.78, 5) is 12.9. The highest BCUT2D eigenvalue weighted by Gasteiger charge is 2.59. The molecule has 0 radical (unpaired) electrons. The quantitative estimate of drug-likeness (QED) is 0.215. The third-order valence-corrected chi connectivity index (χ3v) is 13.5. The lowest BCUT2D eigenvalue weighted by atomic mass is 9.47. The monoisotopic (exact) mass is 538 g/mol. The van der Waals surface area contributed by atoms with Gasteiger partial charge in [0.15, 0.2) is 0 Å². The second-order valence-corrected chi connectivity index (χ2v) is 16.2. The predicted molar refractivity (Wildman–Crippen MR) is 163 cm³/mol. The van der Waals surface area contributed by atoms with E-state index in [0.29, 0.717) is 23.2 Å². The van der Waals surface area contributed by atoms with E-state index in [1.54, 1.807) is 5.57 Å². The van der Waals surface area contributed by atoms with E-state index in [-0.39, 0.29) is 12.1 Å². The van der Waals surface area contributed by atoms with Gasteiger partial charge in [-0.3, -0.25) is 4.79 Å². The van der Waals surface area contributed by atoms with E-state index in [1.807, 2.05) is 0 Å². The summed E-state index contributed by atoms with van der Waals surface area (Å²) in [6.07, 6.45) is 24.7. The van der Waals surface area contributed by atoms with Gasteiger partial charge in [-0.1, -0.05) is 105 Å². The smallest absolute Gasteiger partial charge is 0.306 e. The number of hydrogen-bond acceptors (Lipinski definition) is 2. The Kier molecular flexibility index (Phi) is 9.30. The maximum Gasteiger partial charge on any atom is 0.306 e. The summed E-state index contributed by atoms with van der Waals surface area (Å²) in [5.74, 6) is 6.57.